The predicted octanol–water partition coefficient (Wildman–Crippen LogP) is 1.85. The highest BCUT2D eigenvalue weighted by molar-refractivity contribution is 5.89. The minimum Gasteiger partial charge on any atom is -0.478 e. The Kier molecular flexibility index (Phi) is 3.15. The van der Waals surface area contributed by atoms with Crippen LogP contribution in [0, 0.1) is 6.92 Å². The Labute approximate surface area is 101 Å². The maximum atomic E-state index is 11.1. The van der Waals surface area contributed by atoms with E-state index in [9.17, 15) is 4.79 Å². The minimum absolute atomic E-state index is 0.328. The topological polar surface area (TPSA) is 53.4 Å². The van der Waals surface area contributed by atoms with Crippen molar-refractivity contribution < 1.29 is 9.90 Å². The molecular formula is C13H18N2O2. The lowest BCUT2D eigenvalue weighted by Crippen LogP contribution is -2.36. The molecule has 0 atom stereocenters. The number of carboxylic acid groups (broad SMARTS) is 1. The van der Waals surface area contributed by atoms with Gasteiger partial charge in [-0.1, -0.05) is 0 Å². The van der Waals surface area contributed by atoms with Crippen LogP contribution >= 0.6 is 0 Å². The summed E-state index contributed by atoms with van der Waals surface area (Å²) in [5.74, 6) is -0.889. The molecule has 0 unspecified atom stereocenters. The Bertz CT molecular complexity index is 455. The van der Waals surface area contributed by atoms with Crippen LogP contribution in [0.15, 0.2) is 6.07 Å². The number of aromatic nitrogens is 1. The van der Waals surface area contributed by atoms with Gasteiger partial charge in [0.2, 0.25) is 0 Å². The number of carbonyl (C=O) groups is 1. The van der Waals surface area contributed by atoms with E-state index in [1.54, 1.807) is 13.0 Å². The number of aryl methyl sites for hydroxylation is 1. The van der Waals surface area contributed by atoms with Crippen LogP contribution in [0.4, 0.5) is 0 Å². The molecule has 0 spiro atoms. The molecule has 0 aromatic carbocycles. The molecule has 1 N–H and O–H groups in total. The lowest BCUT2D eigenvalue weighted by molar-refractivity contribution is 0.0695. The first-order valence-electron chi connectivity index (χ1n) is 5.95. The van der Waals surface area contributed by atoms with Gasteiger partial charge in [0.05, 0.1) is 11.3 Å². The normalized spacial score (nSPS) is 16.0. The summed E-state index contributed by atoms with van der Waals surface area (Å²) in [6, 6.07) is 2.27. The molecule has 4 heteroatoms. The fraction of sp³-hybridized carbons (Fsp3) is 0.538. The molecule has 0 fully saturated rings. The smallest absolute Gasteiger partial charge is 0.337 e. The molecule has 1 aliphatic heterocycles. The summed E-state index contributed by atoms with van der Waals surface area (Å²) in [6.45, 7) is 7.89. The highest BCUT2D eigenvalue weighted by atomic mass is 16.4. The molecule has 2 heterocycles. The molecule has 17 heavy (non-hydrogen) atoms. The van der Waals surface area contributed by atoms with E-state index in [0.717, 1.165) is 30.8 Å². The molecule has 0 amide bonds. The molecule has 1 aromatic heterocycles. The zero-order valence-electron chi connectivity index (χ0n) is 10.5. The van der Waals surface area contributed by atoms with Gasteiger partial charge in [-0.15, -0.1) is 0 Å². The summed E-state index contributed by atoms with van der Waals surface area (Å²) < 4.78 is 0. The van der Waals surface area contributed by atoms with E-state index >= 15 is 0 Å². The van der Waals surface area contributed by atoms with Crippen molar-refractivity contribution >= 4 is 5.97 Å². The second kappa shape index (κ2) is 4.45. The van der Waals surface area contributed by atoms with Crippen LogP contribution in [-0.2, 0) is 13.0 Å². The van der Waals surface area contributed by atoms with Crippen molar-refractivity contribution in [3.8, 4) is 0 Å². The molecule has 92 valence electrons. The average Bonchev–Trinajstić information content (AvgIpc) is 2.27. The Morgan fingerprint density at radius 2 is 2.24 bits per heavy atom. The van der Waals surface area contributed by atoms with Crippen molar-refractivity contribution in [3.05, 3.63) is 28.6 Å². The molecule has 0 saturated heterocycles. The Morgan fingerprint density at radius 3 is 2.82 bits per heavy atom. The number of aromatic carboxylic acids is 1. The Morgan fingerprint density at radius 1 is 1.53 bits per heavy atom. The highest BCUT2D eigenvalue weighted by Crippen LogP contribution is 2.21. The van der Waals surface area contributed by atoms with Crippen LogP contribution in [0.25, 0.3) is 0 Å². The lowest BCUT2D eigenvalue weighted by Gasteiger charge is -2.31. The number of rotatable bonds is 2. The summed E-state index contributed by atoms with van der Waals surface area (Å²) >= 11 is 0. The first-order chi connectivity index (χ1) is 7.99. The molecule has 0 aliphatic carbocycles. The predicted molar refractivity (Wildman–Crippen MR) is 65.2 cm³/mol. The monoisotopic (exact) mass is 234 g/mol. The van der Waals surface area contributed by atoms with Gasteiger partial charge in [0, 0.05) is 31.2 Å². The molecule has 4 nitrogen and oxygen atoms in total. The van der Waals surface area contributed by atoms with Crippen LogP contribution in [0.2, 0.25) is 0 Å². The van der Waals surface area contributed by atoms with Crippen molar-refractivity contribution in [1.29, 1.82) is 0 Å². The molecule has 1 aromatic rings. The van der Waals surface area contributed by atoms with Crippen molar-refractivity contribution in [2.45, 2.75) is 39.8 Å². The summed E-state index contributed by atoms with van der Waals surface area (Å²) in [5.41, 5.74) is 3.07. The van der Waals surface area contributed by atoms with Gasteiger partial charge in [0.1, 0.15) is 0 Å². The minimum atomic E-state index is -0.889. The second-order valence-corrected chi connectivity index (χ2v) is 4.85. The SMILES string of the molecule is Cc1nc2c(cc1C(=O)O)CN(C(C)C)CC2. The highest BCUT2D eigenvalue weighted by Gasteiger charge is 2.21. The maximum absolute atomic E-state index is 11.1. The van der Waals surface area contributed by atoms with Crippen LogP contribution < -0.4 is 0 Å². The number of hydrogen-bond acceptors (Lipinski definition) is 3. The number of fused-ring (bicyclic) bond motifs is 1. The van der Waals surface area contributed by atoms with Gasteiger partial charge < -0.3 is 5.11 Å². The molecule has 1 aliphatic rings. The van der Waals surface area contributed by atoms with E-state index in [4.69, 9.17) is 5.11 Å². The largest absolute Gasteiger partial charge is 0.478 e. The number of nitrogens with zero attached hydrogens (tertiary/aromatic N) is 2. The third-order valence-electron chi connectivity index (χ3n) is 3.35. The zero-order valence-corrected chi connectivity index (χ0v) is 10.5. The first-order valence-corrected chi connectivity index (χ1v) is 5.95. The van der Waals surface area contributed by atoms with E-state index in [0.29, 0.717) is 17.3 Å². The van der Waals surface area contributed by atoms with Crippen molar-refractivity contribution in [1.82, 2.24) is 9.88 Å². The van der Waals surface area contributed by atoms with Crippen molar-refractivity contribution in [2.75, 3.05) is 6.54 Å². The first kappa shape index (κ1) is 12.0. The van der Waals surface area contributed by atoms with Gasteiger partial charge in [-0.3, -0.25) is 9.88 Å². The summed E-state index contributed by atoms with van der Waals surface area (Å²) in [4.78, 5) is 17.8. The second-order valence-electron chi connectivity index (χ2n) is 4.85. The van der Waals surface area contributed by atoms with Crippen LogP contribution in [0.1, 0.15) is 41.2 Å². The Hall–Kier alpha value is -1.42. The average molecular weight is 234 g/mol. The summed E-state index contributed by atoms with van der Waals surface area (Å²) in [5, 5.41) is 9.09. The van der Waals surface area contributed by atoms with Crippen LogP contribution in [-0.4, -0.2) is 33.5 Å². The van der Waals surface area contributed by atoms with E-state index < -0.39 is 5.97 Å². The summed E-state index contributed by atoms with van der Waals surface area (Å²) in [6.07, 6.45) is 0.911. The van der Waals surface area contributed by atoms with Crippen molar-refractivity contribution in [3.63, 3.8) is 0 Å². The molecule has 0 saturated carbocycles. The van der Waals surface area contributed by atoms with E-state index in [1.165, 1.54) is 0 Å². The molecule has 0 bridgehead atoms. The molecule has 2 rings (SSSR count). The fourth-order valence-electron chi connectivity index (χ4n) is 2.25. The fourth-order valence-corrected chi connectivity index (χ4v) is 2.25. The Balaban J connectivity index is 2.37. The van der Waals surface area contributed by atoms with Crippen LogP contribution in [0.5, 0.6) is 0 Å². The third kappa shape index (κ3) is 2.31. The van der Waals surface area contributed by atoms with Gasteiger partial charge in [0.25, 0.3) is 0 Å². The lowest BCUT2D eigenvalue weighted by atomic mass is 10.0. The number of hydrogen-bond donors (Lipinski definition) is 1. The van der Waals surface area contributed by atoms with E-state index in [-0.39, 0.29) is 0 Å². The van der Waals surface area contributed by atoms with Crippen molar-refractivity contribution in [2.24, 2.45) is 0 Å². The number of pyridine rings is 1. The van der Waals surface area contributed by atoms with E-state index in [2.05, 4.69) is 23.7 Å². The number of carboxylic acids is 1. The summed E-state index contributed by atoms with van der Waals surface area (Å²) in [7, 11) is 0. The van der Waals surface area contributed by atoms with E-state index in [1.807, 2.05) is 0 Å². The molecular weight excluding hydrogens is 216 g/mol. The van der Waals surface area contributed by atoms with Gasteiger partial charge in [-0.05, 0) is 32.4 Å². The zero-order chi connectivity index (χ0) is 12.6. The van der Waals surface area contributed by atoms with Crippen LogP contribution in [0.3, 0.4) is 0 Å². The van der Waals surface area contributed by atoms with Gasteiger partial charge in [-0.25, -0.2) is 4.79 Å². The quantitative estimate of drug-likeness (QED) is 0.848. The molecule has 0 radical (unpaired) electrons. The van der Waals surface area contributed by atoms with Gasteiger partial charge in [-0.2, -0.15) is 0 Å². The van der Waals surface area contributed by atoms with Gasteiger partial charge >= 0.3 is 5.97 Å². The third-order valence-corrected chi connectivity index (χ3v) is 3.35. The standard InChI is InChI=1S/C13H18N2O2/c1-8(2)15-5-4-12-10(7-15)6-11(13(16)17)9(3)14-12/h6,8H,4-5,7H2,1-3H3,(H,16,17). The maximum Gasteiger partial charge on any atom is 0.337 e. The van der Waals surface area contributed by atoms with Gasteiger partial charge in [0.15, 0.2) is 0 Å².